The molecule has 0 amide bonds. The van der Waals surface area contributed by atoms with Crippen LogP contribution in [0.25, 0.3) is 0 Å². The van der Waals surface area contributed by atoms with Crippen LogP contribution in [0, 0.1) is 5.82 Å². The molecule has 2 nitrogen and oxygen atoms in total. The number of thioether (sulfide) groups is 1. The van der Waals surface area contributed by atoms with Crippen LogP contribution in [0.2, 0.25) is 0 Å². The zero-order chi connectivity index (χ0) is 11.8. The molecule has 0 heterocycles. The van der Waals surface area contributed by atoms with Crippen LogP contribution in [0.5, 0.6) is 0 Å². The van der Waals surface area contributed by atoms with Crippen molar-refractivity contribution in [3.8, 4) is 0 Å². The van der Waals surface area contributed by atoms with Crippen molar-refractivity contribution in [2.24, 2.45) is 0 Å². The third-order valence-corrected chi connectivity index (χ3v) is 2.95. The summed E-state index contributed by atoms with van der Waals surface area (Å²) in [5, 5.41) is 0. The Kier molecular flexibility index (Phi) is 6.11. The number of carbonyl (C=O) groups is 1. The number of hydrogen-bond donors (Lipinski definition) is 0. The average Bonchev–Trinajstić information content (AvgIpc) is 2.28. The maximum Gasteiger partial charge on any atom is 0.168 e. The van der Waals surface area contributed by atoms with Gasteiger partial charge in [-0.25, -0.2) is 4.39 Å². The molecule has 0 aliphatic rings. The van der Waals surface area contributed by atoms with Gasteiger partial charge in [0.05, 0.1) is 5.75 Å². The summed E-state index contributed by atoms with van der Waals surface area (Å²) < 4.78 is 18.3. The molecule has 16 heavy (non-hydrogen) atoms. The molecule has 0 atom stereocenters. The normalized spacial score (nSPS) is 10.4. The van der Waals surface area contributed by atoms with E-state index in [9.17, 15) is 9.18 Å². The summed E-state index contributed by atoms with van der Waals surface area (Å²) in [6.45, 7) is 2.70. The van der Waals surface area contributed by atoms with E-state index in [1.807, 2.05) is 6.92 Å². The van der Waals surface area contributed by atoms with Crippen LogP contribution in [0.1, 0.15) is 13.3 Å². The van der Waals surface area contributed by atoms with Crippen molar-refractivity contribution in [3.05, 3.63) is 30.1 Å². The number of rotatable bonds is 7. The summed E-state index contributed by atoms with van der Waals surface area (Å²) in [7, 11) is 0. The minimum Gasteiger partial charge on any atom is -0.374 e. The molecule has 0 aromatic heterocycles. The van der Waals surface area contributed by atoms with Gasteiger partial charge in [-0.1, -0.05) is 19.1 Å². The molecular weight excluding hydrogens is 227 g/mol. The molecule has 0 unspecified atom stereocenters. The van der Waals surface area contributed by atoms with Gasteiger partial charge < -0.3 is 4.74 Å². The summed E-state index contributed by atoms with van der Waals surface area (Å²) in [5.41, 5.74) is 0. The average molecular weight is 242 g/mol. The number of ether oxygens (including phenoxy) is 1. The zero-order valence-electron chi connectivity index (χ0n) is 9.24. The van der Waals surface area contributed by atoms with E-state index in [1.54, 1.807) is 18.2 Å². The van der Waals surface area contributed by atoms with Gasteiger partial charge in [-0.2, -0.15) is 0 Å². The van der Waals surface area contributed by atoms with Crippen LogP contribution in [0.4, 0.5) is 4.39 Å². The molecule has 0 fully saturated rings. The minimum atomic E-state index is -0.283. The molecule has 0 spiro atoms. The highest BCUT2D eigenvalue weighted by molar-refractivity contribution is 8.00. The number of hydrogen-bond acceptors (Lipinski definition) is 3. The number of Topliss-reactive ketones (excluding diaryl/α,β-unsaturated/α-hetero) is 1. The third-order valence-electron chi connectivity index (χ3n) is 1.84. The first-order valence-corrected chi connectivity index (χ1v) is 6.19. The Hall–Kier alpha value is -0.870. The van der Waals surface area contributed by atoms with Gasteiger partial charge in [0.2, 0.25) is 0 Å². The molecule has 0 bridgehead atoms. The van der Waals surface area contributed by atoms with Gasteiger partial charge in [0, 0.05) is 11.5 Å². The van der Waals surface area contributed by atoms with E-state index in [0.717, 1.165) is 6.42 Å². The lowest BCUT2D eigenvalue weighted by molar-refractivity contribution is -0.121. The van der Waals surface area contributed by atoms with E-state index >= 15 is 0 Å². The fraction of sp³-hybridized carbons (Fsp3) is 0.417. The number of halogens is 1. The quantitative estimate of drug-likeness (QED) is 0.543. The van der Waals surface area contributed by atoms with E-state index in [2.05, 4.69) is 0 Å². The zero-order valence-corrected chi connectivity index (χ0v) is 10.1. The summed E-state index contributed by atoms with van der Waals surface area (Å²) in [6.07, 6.45) is 0.897. The molecule has 0 aliphatic heterocycles. The second-order valence-electron chi connectivity index (χ2n) is 3.31. The van der Waals surface area contributed by atoms with Crippen molar-refractivity contribution in [1.29, 1.82) is 0 Å². The van der Waals surface area contributed by atoms with Crippen molar-refractivity contribution in [1.82, 2.24) is 0 Å². The van der Waals surface area contributed by atoms with Gasteiger partial charge in [-0.3, -0.25) is 4.79 Å². The standard InChI is InChI=1S/C12H15FO2S/c1-2-7-15-8-10(14)9-16-12-6-4-3-5-11(12)13/h3-6H,2,7-9H2,1H3. The van der Waals surface area contributed by atoms with Crippen molar-refractivity contribution in [2.75, 3.05) is 19.0 Å². The van der Waals surface area contributed by atoms with E-state index in [-0.39, 0.29) is 24.0 Å². The third kappa shape index (κ3) is 4.77. The lowest BCUT2D eigenvalue weighted by Gasteiger charge is -2.03. The summed E-state index contributed by atoms with van der Waals surface area (Å²) in [4.78, 5) is 11.8. The monoisotopic (exact) mass is 242 g/mol. The van der Waals surface area contributed by atoms with E-state index in [1.165, 1.54) is 17.8 Å². The van der Waals surface area contributed by atoms with Gasteiger partial charge in [0.15, 0.2) is 5.78 Å². The summed E-state index contributed by atoms with van der Waals surface area (Å²) in [5.74, 6) is -0.0403. The second kappa shape index (κ2) is 7.41. The predicted octanol–water partition coefficient (Wildman–Crippen LogP) is 2.91. The molecule has 88 valence electrons. The SMILES string of the molecule is CCCOCC(=O)CSc1ccccc1F. The molecule has 0 saturated carbocycles. The van der Waals surface area contributed by atoms with Crippen LogP contribution in [0.3, 0.4) is 0 Å². The van der Waals surface area contributed by atoms with Crippen LogP contribution >= 0.6 is 11.8 Å². The smallest absolute Gasteiger partial charge is 0.168 e. The number of ketones is 1. The highest BCUT2D eigenvalue weighted by Crippen LogP contribution is 2.20. The van der Waals surface area contributed by atoms with E-state index < -0.39 is 0 Å². The van der Waals surface area contributed by atoms with Gasteiger partial charge in [0.1, 0.15) is 12.4 Å². The first-order chi connectivity index (χ1) is 7.74. The van der Waals surface area contributed by atoms with Gasteiger partial charge in [0.25, 0.3) is 0 Å². The lowest BCUT2D eigenvalue weighted by Crippen LogP contribution is -2.11. The highest BCUT2D eigenvalue weighted by atomic mass is 32.2. The highest BCUT2D eigenvalue weighted by Gasteiger charge is 2.06. The van der Waals surface area contributed by atoms with Crippen molar-refractivity contribution in [3.63, 3.8) is 0 Å². The molecule has 0 radical (unpaired) electrons. The Morgan fingerprint density at radius 2 is 2.19 bits per heavy atom. The summed E-state index contributed by atoms with van der Waals surface area (Å²) in [6, 6.07) is 6.44. The Balaban J connectivity index is 2.29. The van der Waals surface area contributed by atoms with Gasteiger partial charge >= 0.3 is 0 Å². The first kappa shape index (κ1) is 13.2. The van der Waals surface area contributed by atoms with Crippen LogP contribution in [-0.2, 0) is 9.53 Å². The molecule has 0 saturated heterocycles. The van der Waals surface area contributed by atoms with Crippen molar-refractivity contribution >= 4 is 17.5 Å². The Bertz CT molecular complexity index is 342. The van der Waals surface area contributed by atoms with E-state index in [0.29, 0.717) is 11.5 Å². The topological polar surface area (TPSA) is 26.3 Å². The van der Waals surface area contributed by atoms with Crippen LogP contribution in [-0.4, -0.2) is 24.7 Å². The molecule has 0 N–H and O–H groups in total. The van der Waals surface area contributed by atoms with Gasteiger partial charge in [-0.05, 0) is 18.6 Å². The predicted molar refractivity (Wildman–Crippen MR) is 63.2 cm³/mol. The van der Waals surface area contributed by atoms with Crippen molar-refractivity contribution < 1.29 is 13.9 Å². The van der Waals surface area contributed by atoms with Crippen LogP contribution < -0.4 is 0 Å². The lowest BCUT2D eigenvalue weighted by atomic mass is 10.3. The fourth-order valence-corrected chi connectivity index (χ4v) is 1.87. The maximum atomic E-state index is 13.2. The molecule has 4 heteroatoms. The number of carbonyl (C=O) groups excluding carboxylic acids is 1. The molecular formula is C12H15FO2S. The maximum absolute atomic E-state index is 13.2. The fourth-order valence-electron chi connectivity index (χ4n) is 1.09. The van der Waals surface area contributed by atoms with Gasteiger partial charge in [-0.15, -0.1) is 11.8 Å². The second-order valence-corrected chi connectivity index (χ2v) is 4.33. The molecule has 1 aromatic carbocycles. The first-order valence-electron chi connectivity index (χ1n) is 5.20. The minimum absolute atomic E-state index is 0.0123. The Labute approximate surface area is 99.2 Å². The summed E-state index contributed by atoms with van der Waals surface area (Å²) >= 11 is 1.21. The molecule has 1 rings (SSSR count). The molecule has 0 aliphatic carbocycles. The largest absolute Gasteiger partial charge is 0.374 e. The Morgan fingerprint density at radius 3 is 2.88 bits per heavy atom. The number of benzene rings is 1. The Morgan fingerprint density at radius 1 is 1.44 bits per heavy atom. The van der Waals surface area contributed by atoms with Crippen LogP contribution in [0.15, 0.2) is 29.2 Å². The molecule has 1 aromatic rings. The van der Waals surface area contributed by atoms with Crippen molar-refractivity contribution in [2.45, 2.75) is 18.2 Å². The van der Waals surface area contributed by atoms with E-state index in [4.69, 9.17) is 4.74 Å².